The number of ether oxygens (including phenoxy) is 1. The Hall–Kier alpha value is -4.63. The first-order chi connectivity index (χ1) is 21.7. The van der Waals surface area contributed by atoms with Gasteiger partial charge in [0.1, 0.15) is 6.04 Å². The number of amides is 1. The standard InChI is InChI=1S/C36H36F3N3O3/c1-2-24-45-35(44)33(26-8-4-3-5-9-26)40-29-20-22-42(23-21-29)30-18-16-28(17-19-30)41-34(43)32-11-7-6-10-31(32)25-12-14-27(15-13-25)36(37,38)39/h3-19,29,33,40H,2,20-24H2,1H3,(H,41,43). The molecule has 234 valence electrons. The molecule has 0 spiro atoms. The third-order valence-corrected chi connectivity index (χ3v) is 7.90. The zero-order valence-corrected chi connectivity index (χ0v) is 25.0. The summed E-state index contributed by atoms with van der Waals surface area (Å²) in [5.74, 6) is -0.610. The molecule has 0 radical (unpaired) electrons. The van der Waals surface area contributed by atoms with Crippen molar-refractivity contribution in [3.63, 3.8) is 0 Å². The summed E-state index contributed by atoms with van der Waals surface area (Å²) < 4.78 is 44.5. The number of esters is 1. The molecule has 45 heavy (non-hydrogen) atoms. The second-order valence-electron chi connectivity index (χ2n) is 11.1. The Morgan fingerprint density at radius 3 is 2.16 bits per heavy atom. The highest BCUT2D eigenvalue weighted by atomic mass is 19.4. The van der Waals surface area contributed by atoms with Gasteiger partial charge in [-0.3, -0.25) is 10.1 Å². The molecule has 0 aromatic heterocycles. The molecule has 0 aliphatic carbocycles. The summed E-state index contributed by atoms with van der Waals surface area (Å²) in [6, 6.07) is 28.5. The Balaban J connectivity index is 1.19. The zero-order valence-electron chi connectivity index (χ0n) is 25.0. The third-order valence-electron chi connectivity index (χ3n) is 7.90. The Kier molecular flexibility index (Phi) is 10.2. The van der Waals surface area contributed by atoms with Gasteiger partial charge in [0, 0.05) is 36.1 Å². The summed E-state index contributed by atoms with van der Waals surface area (Å²) in [5.41, 5.74) is 3.22. The van der Waals surface area contributed by atoms with E-state index in [0.29, 0.717) is 29.0 Å². The third kappa shape index (κ3) is 8.10. The number of carbonyl (C=O) groups excluding carboxylic acids is 2. The van der Waals surface area contributed by atoms with Crippen LogP contribution in [0.3, 0.4) is 0 Å². The summed E-state index contributed by atoms with van der Waals surface area (Å²) in [5, 5.41) is 6.44. The summed E-state index contributed by atoms with van der Waals surface area (Å²) in [6.07, 6.45) is -1.96. The van der Waals surface area contributed by atoms with Crippen LogP contribution in [0.2, 0.25) is 0 Å². The monoisotopic (exact) mass is 615 g/mol. The van der Waals surface area contributed by atoms with E-state index in [1.54, 1.807) is 24.3 Å². The van der Waals surface area contributed by atoms with Gasteiger partial charge in [-0.25, -0.2) is 4.79 Å². The fraction of sp³-hybridized carbons (Fsp3) is 0.278. The van der Waals surface area contributed by atoms with Crippen LogP contribution in [0.25, 0.3) is 11.1 Å². The first-order valence-corrected chi connectivity index (χ1v) is 15.1. The number of hydrogen-bond donors (Lipinski definition) is 2. The SMILES string of the molecule is CCCOC(=O)C(NC1CCN(c2ccc(NC(=O)c3ccccc3-c3ccc(C(F)(F)F)cc3)cc2)CC1)c1ccccc1. The molecule has 5 rings (SSSR count). The van der Waals surface area contributed by atoms with E-state index in [2.05, 4.69) is 15.5 Å². The molecule has 1 fully saturated rings. The average molecular weight is 616 g/mol. The molecule has 1 saturated heterocycles. The number of nitrogens with zero attached hydrogens (tertiary/aromatic N) is 1. The molecule has 1 atom stereocenters. The van der Waals surface area contributed by atoms with Crippen LogP contribution in [-0.2, 0) is 15.7 Å². The molecule has 1 aliphatic heterocycles. The van der Waals surface area contributed by atoms with Gasteiger partial charge in [0.15, 0.2) is 0 Å². The first kappa shape index (κ1) is 31.8. The molecule has 1 aliphatic rings. The Bertz CT molecular complexity index is 1570. The van der Waals surface area contributed by atoms with Gasteiger partial charge in [0.25, 0.3) is 5.91 Å². The minimum absolute atomic E-state index is 0.156. The largest absolute Gasteiger partial charge is 0.464 e. The van der Waals surface area contributed by atoms with Crippen LogP contribution in [0.5, 0.6) is 0 Å². The van der Waals surface area contributed by atoms with E-state index >= 15 is 0 Å². The number of carbonyl (C=O) groups is 2. The zero-order chi connectivity index (χ0) is 31.8. The molecule has 1 unspecified atom stereocenters. The van der Waals surface area contributed by atoms with Gasteiger partial charge in [0.2, 0.25) is 0 Å². The lowest BCUT2D eigenvalue weighted by Crippen LogP contribution is -2.45. The fourth-order valence-electron chi connectivity index (χ4n) is 5.50. The molecule has 1 amide bonds. The van der Waals surface area contributed by atoms with E-state index in [0.717, 1.165) is 55.7 Å². The predicted molar refractivity (Wildman–Crippen MR) is 170 cm³/mol. The van der Waals surface area contributed by atoms with E-state index < -0.39 is 17.8 Å². The normalized spacial score (nSPS) is 14.5. The number of hydrogen-bond acceptors (Lipinski definition) is 5. The van der Waals surface area contributed by atoms with Crippen LogP contribution in [-0.4, -0.2) is 37.6 Å². The molecule has 0 bridgehead atoms. The smallest absolute Gasteiger partial charge is 0.416 e. The number of halogens is 3. The van der Waals surface area contributed by atoms with Crippen molar-refractivity contribution in [2.24, 2.45) is 0 Å². The topological polar surface area (TPSA) is 70.7 Å². The highest BCUT2D eigenvalue weighted by Crippen LogP contribution is 2.32. The summed E-state index contributed by atoms with van der Waals surface area (Å²) >= 11 is 0. The second kappa shape index (κ2) is 14.4. The molecule has 6 nitrogen and oxygen atoms in total. The fourth-order valence-corrected chi connectivity index (χ4v) is 5.50. The van der Waals surface area contributed by atoms with E-state index in [-0.39, 0.29) is 17.9 Å². The number of benzene rings is 4. The molecule has 2 N–H and O–H groups in total. The Morgan fingerprint density at radius 2 is 1.51 bits per heavy atom. The lowest BCUT2D eigenvalue weighted by Gasteiger charge is -2.35. The second-order valence-corrected chi connectivity index (χ2v) is 11.1. The first-order valence-electron chi connectivity index (χ1n) is 15.1. The Morgan fingerprint density at radius 1 is 0.867 bits per heavy atom. The number of anilines is 2. The van der Waals surface area contributed by atoms with Crippen molar-refractivity contribution in [1.29, 1.82) is 0 Å². The molecule has 4 aromatic rings. The highest BCUT2D eigenvalue weighted by Gasteiger charge is 2.30. The lowest BCUT2D eigenvalue weighted by molar-refractivity contribution is -0.146. The van der Waals surface area contributed by atoms with Crippen molar-refractivity contribution >= 4 is 23.3 Å². The van der Waals surface area contributed by atoms with Crippen LogP contribution < -0.4 is 15.5 Å². The minimum atomic E-state index is -4.43. The van der Waals surface area contributed by atoms with E-state index in [4.69, 9.17) is 4.74 Å². The maximum atomic E-state index is 13.2. The van der Waals surface area contributed by atoms with Gasteiger partial charge in [-0.15, -0.1) is 0 Å². The van der Waals surface area contributed by atoms with Crippen LogP contribution in [0, 0.1) is 0 Å². The number of piperidine rings is 1. The van der Waals surface area contributed by atoms with Crippen molar-refractivity contribution < 1.29 is 27.5 Å². The van der Waals surface area contributed by atoms with Crippen molar-refractivity contribution in [3.8, 4) is 11.1 Å². The molecular formula is C36H36F3N3O3. The summed E-state index contributed by atoms with van der Waals surface area (Å²) in [4.78, 5) is 28.3. The number of nitrogens with one attached hydrogen (secondary N) is 2. The number of alkyl halides is 3. The van der Waals surface area contributed by atoms with Crippen LogP contribution >= 0.6 is 0 Å². The van der Waals surface area contributed by atoms with Crippen molar-refractivity contribution in [3.05, 3.63) is 120 Å². The van der Waals surface area contributed by atoms with E-state index in [1.807, 2.05) is 61.5 Å². The molecule has 1 heterocycles. The van der Waals surface area contributed by atoms with Gasteiger partial charge in [-0.2, -0.15) is 13.2 Å². The summed E-state index contributed by atoms with van der Waals surface area (Å²) in [7, 11) is 0. The molecule has 4 aromatic carbocycles. The van der Waals surface area contributed by atoms with Crippen molar-refractivity contribution in [1.82, 2.24) is 5.32 Å². The number of rotatable bonds is 10. The lowest BCUT2D eigenvalue weighted by atomic mass is 9.98. The van der Waals surface area contributed by atoms with Crippen molar-refractivity contribution in [2.45, 2.75) is 44.4 Å². The maximum Gasteiger partial charge on any atom is 0.416 e. The minimum Gasteiger partial charge on any atom is -0.464 e. The predicted octanol–water partition coefficient (Wildman–Crippen LogP) is 7.88. The van der Waals surface area contributed by atoms with Crippen molar-refractivity contribution in [2.75, 3.05) is 29.9 Å². The van der Waals surface area contributed by atoms with E-state index in [1.165, 1.54) is 12.1 Å². The van der Waals surface area contributed by atoms with Gasteiger partial charge >= 0.3 is 12.1 Å². The van der Waals surface area contributed by atoms with Crippen LogP contribution in [0.15, 0.2) is 103 Å². The molecular weight excluding hydrogens is 579 g/mol. The summed E-state index contributed by atoms with van der Waals surface area (Å²) in [6.45, 7) is 3.97. The van der Waals surface area contributed by atoms with Gasteiger partial charge in [-0.1, -0.05) is 67.6 Å². The molecule has 9 heteroatoms. The molecule has 0 saturated carbocycles. The van der Waals surface area contributed by atoms with Crippen LogP contribution in [0.1, 0.15) is 53.7 Å². The van der Waals surface area contributed by atoms with Crippen LogP contribution in [0.4, 0.5) is 24.5 Å². The van der Waals surface area contributed by atoms with Gasteiger partial charge in [0.05, 0.1) is 12.2 Å². The maximum absolute atomic E-state index is 13.2. The average Bonchev–Trinajstić information content (AvgIpc) is 3.07. The highest BCUT2D eigenvalue weighted by molar-refractivity contribution is 6.08. The quantitative estimate of drug-likeness (QED) is 0.178. The van der Waals surface area contributed by atoms with Gasteiger partial charge in [-0.05, 0) is 78.4 Å². The Labute approximate surface area is 261 Å². The van der Waals surface area contributed by atoms with E-state index in [9.17, 15) is 22.8 Å². The van der Waals surface area contributed by atoms with Gasteiger partial charge < -0.3 is 15.0 Å².